The molecular formula is C18H15ClN8O6S3. The van der Waals surface area contributed by atoms with Crippen molar-refractivity contribution in [2.24, 2.45) is 5.18 Å². The van der Waals surface area contributed by atoms with Crippen LogP contribution in [0.3, 0.4) is 0 Å². The van der Waals surface area contributed by atoms with Gasteiger partial charge in [0.15, 0.2) is 5.13 Å². The number of nitroso groups, excluding NO2 is 1. The number of halogens is 1. The van der Waals surface area contributed by atoms with Crippen LogP contribution in [-0.4, -0.2) is 59.9 Å². The number of hydrogen-bond acceptors (Lipinski definition) is 13. The van der Waals surface area contributed by atoms with Crippen molar-refractivity contribution in [2.75, 3.05) is 17.2 Å². The van der Waals surface area contributed by atoms with E-state index in [0.717, 1.165) is 28.0 Å². The summed E-state index contributed by atoms with van der Waals surface area (Å²) in [4.78, 5) is 71.1. The minimum Gasteiger partial charge on any atom is -0.477 e. The molecule has 3 atom stereocenters. The summed E-state index contributed by atoms with van der Waals surface area (Å²) in [5.41, 5.74) is 10.5. The number of aromatic nitrogens is 3. The number of anilines is 2. The second kappa shape index (κ2) is 10.3. The largest absolute Gasteiger partial charge is 0.477 e. The Labute approximate surface area is 218 Å². The first-order valence-corrected chi connectivity index (χ1v) is 12.9. The number of carbonyl (C=O) groups is 3. The second-order valence-corrected chi connectivity index (χ2v) is 10.9. The Morgan fingerprint density at radius 2 is 2.14 bits per heavy atom. The number of nitrogens with zero attached hydrogens (tertiary/aromatic N) is 4. The third-order valence-electron chi connectivity index (χ3n) is 4.94. The van der Waals surface area contributed by atoms with E-state index in [-0.39, 0.29) is 32.4 Å². The first kappa shape index (κ1) is 25.7. The van der Waals surface area contributed by atoms with Crippen LogP contribution >= 0.6 is 46.5 Å². The molecule has 18 heteroatoms. The third-order valence-corrected chi connectivity index (χ3v) is 8.08. The van der Waals surface area contributed by atoms with Gasteiger partial charge in [-0.2, -0.15) is 4.98 Å². The van der Waals surface area contributed by atoms with Gasteiger partial charge in [0.2, 0.25) is 6.04 Å². The highest BCUT2D eigenvalue weighted by atomic mass is 35.5. The van der Waals surface area contributed by atoms with E-state index in [1.807, 2.05) is 0 Å². The standard InChI is InChI=1S/C18H15ClN8O6S3/c19-12-8(25-17(21)36-12)9(26-33)13(28)24-10-14(29)27-11(16(30)31)5(4-35-15(10)27)1-2-34-7-3-6(20)22-18(32)23-7/h1-3,9-10,15H,4H2,(H2,21,25)(H,24,28)(H,30,31)(H3,20,22,23,32)/t9?,10-,15-/m1/s1. The molecule has 2 aromatic rings. The number of allylic oxidation sites excluding steroid dienone is 1. The van der Waals surface area contributed by atoms with E-state index >= 15 is 0 Å². The van der Waals surface area contributed by atoms with Gasteiger partial charge < -0.3 is 21.9 Å². The first-order chi connectivity index (χ1) is 17.1. The van der Waals surface area contributed by atoms with Crippen molar-refractivity contribution in [3.63, 3.8) is 0 Å². The van der Waals surface area contributed by atoms with E-state index in [0.29, 0.717) is 10.6 Å². The van der Waals surface area contributed by atoms with Crippen LogP contribution in [0.25, 0.3) is 0 Å². The van der Waals surface area contributed by atoms with Gasteiger partial charge in [-0.25, -0.2) is 14.6 Å². The number of amides is 2. The Bertz CT molecular complexity index is 1390. The molecule has 4 rings (SSSR count). The molecule has 0 spiro atoms. The fourth-order valence-corrected chi connectivity index (χ4v) is 6.42. The molecule has 1 saturated heterocycles. The number of nitrogens with one attached hydrogen (secondary N) is 2. The van der Waals surface area contributed by atoms with Gasteiger partial charge in [0.25, 0.3) is 11.8 Å². The molecule has 4 heterocycles. The number of carbonyl (C=O) groups excluding carboxylic acids is 2. The van der Waals surface area contributed by atoms with Crippen molar-refractivity contribution in [1.29, 1.82) is 0 Å². The highest BCUT2D eigenvalue weighted by Crippen LogP contribution is 2.41. The van der Waals surface area contributed by atoms with E-state index in [2.05, 4.69) is 25.4 Å². The zero-order valence-corrected chi connectivity index (χ0v) is 20.9. The van der Waals surface area contributed by atoms with Crippen LogP contribution in [-0.2, 0) is 14.4 Å². The Morgan fingerprint density at radius 3 is 2.75 bits per heavy atom. The van der Waals surface area contributed by atoms with Crippen molar-refractivity contribution >= 4 is 75.2 Å². The summed E-state index contributed by atoms with van der Waals surface area (Å²) in [5, 5.41) is 16.1. The fraction of sp³-hybridized carbons (Fsp3) is 0.222. The molecule has 1 unspecified atom stereocenters. The molecule has 14 nitrogen and oxygen atoms in total. The summed E-state index contributed by atoms with van der Waals surface area (Å²) in [6.07, 6.45) is 1.50. The molecule has 2 aromatic heterocycles. The summed E-state index contributed by atoms with van der Waals surface area (Å²) in [6, 6.07) is -1.27. The average molecular weight is 571 g/mol. The quantitative estimate of drug-likeness (QED) is 0.129. The van der Waals surface area contributed by atoms with Gasteiger partial charge in [-0.3, -0.25) is 19.5 Å². The maximum absolute atomic E-state index is 12.8. The number of fused-ring (bicyclic) bond motifs is 1. The van der Waals surface area contributed by atoms with Crippen molar-refractivity contribution in [3.05, 3.63) is 54.2 Å². The molecule has 36 heavy (non-hydrogen) atoms. The highest BCUT2D eigenvalue weighted by molar-refractivity contribution is 8.02. The number of thiazole rings is 1. The number of aliphatic carboxylic acids is 1. The molecular weight excluding hydrogens is 556 g/mol. The number of aromatic amines is 1. The predicted octanol–water partition coefficient (Wildman–Crippen LogP) is 0.896. The van der Waals surface area contributed by atoms with Gasteiger partial charge in [0.1, 0.15) is 38.0 Å². The van der Waals surface area contributed by atoms with Gasteiger partial charge in [0, 0.05) is 11.8 Å². The van der Waals surface area contributed by atoms with E-state index < -0.39 is 40.9 Å². The molecule has 0 aromatic carbocycles. The molecule has 0 saturated carbocycles. The number of carboxylic acid groups (broad SMARTS) is 1. The van der Waals surface area contributed by atoms with Gasteiger partial charge in [-0.1, -0.05) is 34.7 Å². The summed E-state index contributed by atoms with van der Waals surface area (Å²) >= 11 is 9.09. The van der Waals surface area contributed by atoms with Gasteiger partial charge >= 0.3 is 11.7 Å². The lowest BCUT2D eigenvalue weighted by atomic mass is 10.0. The second-order valence-electron chi connectivity index (χ2n) is 7.19. The smallest absolute Gasteiger partial charge is 0.352 e. The van der Waals surface area contributed by atoms with Crippen LogP contribution in [0.2, 0.25) is 4.34 Å². The minimum absolute atomic E-state index is 0.0178. The number of hydrogen-bond donors (Lipinski definition) is 5. The number of β-lactam (4-membered cyclic amide) rings is 1. The molecule has 2 aliphatic rings. The van der Waals surface area contributed by atoms with Crippen LogP contribution in [0.15, 0.2) is 43.8 Å². The minimum atomic E-state index is -1.63. The average Bonchev–Trinajstić information content (AvgIpc) is 3.14. The maximum Gasteiger partial charge on any atom is 0.352 e. The van der Waals surface area contributed by atoms with Crippen LogP contribution in [0.4, 0.5) is 10.9 Å². The first-order valence-electron chi connectivity index (χ1n) is 9.76. The molecule has 7 N–H and O–H groups in total. The molecule has 0 aliphatic carbocycles. The fourth-order valence-electron chi connectivity index (χ4n) is 3.42. The Morgan fingerprint density at radius 1 is 1.39 bits per heavy atom. The van der Waals surface area contributed by atoms with Crippen LogP contribution in [0, 0.1) is 4.91 Å². The van der Waals surface area contributed by atoms with E-state index in [1.165, 1.54) is 29.3 Å². The van der Waals surface area contributed by atoms with Crippen molar-refractivity contribution in [3.8, 4) is 0 Å². The number of H-pyrrole nitrogens is 1. The summed E-state index contributed by atoms with van der Waals surface area (Å²) < 4.78 is 0.0178. The number of rotatable bonds is 8. The normalized spacial score (nSPS) is 20.1. The molecule has 0 radical (unpaired) electrons. The molecule has 0 bridgehead atoms. The van der Waals surface area contributed by atoms with Gasteiger partial charge in [-0.15, -0.1) is 16.7 Å². The van der Waals surface area contributed by atoms with Crippen molar-refractivity contribution in [1.82, 2.24) is 25.2 Å². The number of nitrogen functional groups attached to an aromatic ring is 2. The molecule has 2 amide bonds. The Kier molecular flexibility index (Phi) is 7.34. The summed E-state index contributed by atoms with van der Waals surface area (Å²) in [7, 11) is 0. The lowest BCUT2D eigenvalue weighted by molar-refractivity contribution is -0.150. The monoisotopic (exact) mass is 570 g/mol. The summed E-state index contributed by atoms with van der Waals surface area (Å²) in [6.45, 7) is 0. The van der Waals surface area contributed by atoms with Crippen LogP contribution < -0.4 is 22.5 Å². The maximum atomic E-state index is 12.8. The zero-order chi connectivity index (χ0) is 26.1. The Balaban J connectivity index is 1.49. The molecule has 2 aliphatic heterocycles. The Hall–Kier alpha value is -3.41. The predicted molar refractivity (Wildman–Crippen MR) is 134 cm³/mol. The topological polar surface area (TPSA) is 227 Å². The van der Waals surface area contributed by atoms with Crippen molar-refractivity contribution in [2.45, 2.75) is 22.5 Å². The summed E-state index contributed by atoms with van der Waals surface area (Å²) in [5.74, 6) is -2.59. The van der Waals surface area contributed by atoms with Crippen LogP contribution in [0.1, 0.15) is 11.7 Å². The van der Waals surface area contributed by atoms with E-state index in [1.54, 1.807) is 0 Å². The third kappa shape index (κ3) is 4.95. The number of carboxylic acids is 1. The van der Waals surface area contributed by atoms with Gasteiger partial charge in [0.05, 0.1) is 0 Å². The van der Waals surface area contributed by atoms with Gasteiger partial charge in [-0.05, 0) is 22.2 Å². The molecule has 188 valence electrons. The lowest BCUT2D eigenvalue weighted by Gasteiger charge is -2.49. The van der Waals surface area contributed by atoms with Crippen LogP contribution in [0.5, 0.6) is 0 Å². The number of nitrogens with two attached hydrogens (primary N) is 2. The molecule has 1 fully saturated rings. The lowest BCUT2D eigenvalue weighted by Crippen LogP contribution is -2.70. The zero-order valence-electron chi connectivity index (χ0n) is 17.7. The highest BCUT2D eigenvalue weighted by Gasteiger charge is 2.54. The number of thioether (sulfide) groups is 2. The van der Waals surface area contributed by atoms with Crippen molar-refractivity contribution < 1.29 is 19.5 Å². The van der Waals surface area contributed by atoms with E-state index in [4.69, 9.17) is 23.1 Å². The SMILES string of the molecule is Nc1cc(SC=CC2=C(C(=O)O)N3C(=O)[C@@H](NC(=O)C(N=O)c4nc(N)sc4Cl)[C@H]3SC2)nc(=O)[nH]1. The van der Waals surface area contributed by atoms with E-state index in [9.17, 15) is 29.2 Å².